The number of hydrogen-bond acceptors (Lipinski definition) is 4. The Morgan fingerprint density at radius 1 is 1.20 bits per heavy atom. The molecule has 3 aromatic rings. The molecule has 0 amide bonds. The van der Waals surface area contributed by atoms with Crippen LogP contribution in [0, 0.1) is 0 Å². The van der Waals surface area contributed by atoms with Gasteiger partial charge in [0.25, 0.3) is 0 Å². The van der Waals surface area contributed by atoms with Crippen molar-refractivity contribution in [2.75, 3.05) is 11.1 Å². The number of nitrogen functional groups attached to an aromatic ring is 1. The largest absolute Gasteiger partial charge is 0.398 e. The van der Waals surface area contributed by atoms with Crippen LogP contribution in [-0.2, 0) is 13.1 Å². The lowest BCUT2D eigenvalue weighted by Crippen LogP contribution is -2.00. The third-order valence-corrected chi connectivity index (χ3v) is 3.99. The van der Waals surface area contributed by atoms with E-state index in [1.54, 1.807) is 11.3 Å². The normalized spacial score (nSPS) is 10.6. The fourth-order valence-corrected chi connectivity index (χ4v) is 2.73. The minimum atomic E-state index is 0.737. The lowest BCUT2D eigenvalue weighted by molar-refractivity contribution is 0.687. The van der Waals surface area contributed by atoms with E-state index in [9.17, 15) is 0 Å². The SMILES string of the molecule is Nc1ccsc1CNc1cnn(Cc2ccccc2)c1. The molecule has 0 aliphatic rings. The highest BCUT2D eigenvalue weighted by atomic mass is 32.1. The van der Waals surface area contributed by atoms with E-state index in [-0.39, 0.29) is 0 Å². The van der Waals surface area contributed by atoms with Gasteiger partial charge >= 0.3 is 0 Å². The molecule has 2 heterocycles. The molecule has 0 aliphatic carbocycles. The van der Waals surface area contributed by atoms with Crippen molar-refractivity contribution in [2.45, 2.75) is 13.1 Å². The van der Waals surface area contributed by atoms with E-state index >= 15 is 0 Å². The van der Waals surface area contributed by atoms with Gasteiger partial charge in [-0.1, -0.05) is 30.3 Å². The Hall–Kier alpha value is -2.27. The van der Waals surface area contributed by atoms with Crippen LogP contribution >= 0.6 is 11.3 Å². The Morgan fingerprint density at radius 3 is 2.80 bits per heavy atom. The summed E-state index contributed by atoms with van der Waals surface area (Å²) < 4.78 is 1.93. The van der Waals surface area contributed by atoms with Crippen molar-refractivity contribution in [3.05, 3.63) is 64.6 Å². The summed E-state index contributed by atoms with van der Waals surface area (Å²) in [5.41, 5.74) is 8.96. The highest BCUT2D eigenvalue weighted by Crippen LogP contribution is 2.20. The van der Waals surface area contributed by atoms with E-state index in [0.29, 0.717) is 0 Å². The van der Waals surface area contributed by atoms with Crippen LogP contribution in [-0.4, -0.2) is 9.78 Å². The molecule has 0 saturated heterocycles. The molecule has 4 nitrogen and oxygen atoms in total. The average Bonchev–Trinajstić information content (AvgIpc) is 3.07. The van der Waals surface area contributed by atoms with Crippen molar-refractivity contribution in [1.29, 1.82) is 0 Å². The highest BCUT2D eigenvalue weighted by Gasteiger charge is 2.02. The number of aromatic nitrogens is 2. The Labute approximate surface area is 121 Å². The van der Waals surface area contributed by atoms with Gasteiger partial charge in [0.15, 0.2) is 0 Å². The van der Waals surface area contributed by atoms with Crippen LogP contribution in [0.5, 0.6) is 0 Å². The molecular formula is C15H16N4S. The van der Waals surface area contributed by atoms with Crippen LogP contribution in [0.15, 0.2) is 54.2 Å². The van der Waals surface area contributed by atoms with Gasteiger partial charge in [0.2, 0.25) is 0 Å². The number of thiophene rings is 1. The number of rotatable bonds is 5. The predicted molar refractivity (Wildman–Crippen MR) is 83.8 cm³/mol. The van der Waals surface area contributed by atoms with Crippen LogP contribution in [0.1, 0.15) is 10.4 Å². The molecule has 0 atom stereocenters. The second kappa shape index (κ2) is 5.79. The molecule has 0 spiro atoms. The monoisotopic (exact) mass is 284 g/mol. The molecular weight excluding hydrogens is 268 g/mol. The van der Waals surface area contributed by atoms with Gasteiger partial charge in [-0.15, -0.1) is 11.3 Å². The maximum absolute atomic E-state index is 5.86. The van der Waals surface area contributed by atoms with E-state index < -0.39 is 0 Å². The molecule has 102 valence electrons. The van der Waals surface area contributed by atoms with E-state index in [2.05, 4.69) is 22.5 Å². The zero-order valence-electron chi connectivity index (χ0n) is 11.0. The van der Waals surface area contributed by atoms with Crippen LogP contribution < -0.4 is 11.1 Å². The van der Waals surface area contributed by atoms with E-state index in [4.69, 9.17) is 5.73 Å². The molecule has 5 heteroatoms. The Bertz CT molecular complexity index is 672. The van der Waals surface area contributed by atoms with Crippen LogP contribution in [0.3, 0.4) is 0 Å². The third-order valence-electron chi connectivity index (χ3n) is 3.05. The predicted octanol–water partition coefficient (Wildman–Crippen LogP) is 3.19. The summed E-state index contributed by atoms with van der Waals surface area (Å²) in [4.78, 5) is 1.15. The molecule has 2 aromatic heterocycles. The first-order valence-corrected chi connectivity index (χ1v) is 7.31. The Kier molecular flexibility index (Phi) is 3.69. The zero-order valence-corrected chi connectivity index (χ0v) is 11.8. The molecule has 0 aliphatic heterocycles. The van der Waals surface area contributed by atoms with Crippen LogP contribution in [0.2, 0.25) is 0 Å². The molecule has 0 fully saturated rings. The summed E-state index contributed by atoms with van der Waals surface area (Å²) >= 11 is 1.66. The minimum Gasteiger partial charge on any atom is -0.398 e. The van der Waals surface area contributed by atoms with Gasteiger partial charge in [0, 0.05) is 16.8 Å². The summed E-state index contributed by atoms with van der Waals surface area (Å²) in [6.45, 7) is 1.52. The van der Waals surface area contributed by atoms with Gasteiger partial charge < -0.3 is 11.1 Å². The summed E-state index contributed by atoms with van der Waals surface area (Å²) in [6, 6.07) is 12.2. The topological polar surface area (TPSA) is 55.9 Å². The summed E-state index contributed by atoms with van der Waals surface area (Å²) in [5, 5.41) is 9.71. The van der Waals surface area contributed by atoms with Gasteiger partial charge in [-0.3, -0.25) is 4.68 Å². The number of nitrogens with zero attached hydrogens (tertiary/aromatic N) is 2. The molecule has 3 rings (SSSR count). The highest BCUT2D eigenvalue weighted by molar-refractivity contribution is 7.10. The number of nitrogens with one attached hydrogen (secondary N) is 1. The second-order valence-electron chi connectivity index (χ2n) is 4.56. The molecule has 0 saturated carbocycles. The van der Waals surface area contributed by atoms with Gasteiger partial charge in [-0.2, -0.15) is 5.10 Å². The standard InChI is InChI=1S/C15H16N4S/c16-14-6-7-20-15(14)9-17-13-8-18-19(11-13)10-12-4-2-1-3-5-12/h1-8,11,17H,9-10,16H2. The first-order chi connectivity index (χ1) is 9.81. The molecule has 20 heavy (non-hydrogen) atoms. The molecule has 3 N–H and O–H groups in total. The van der Waals surface area contributed by atoms with Crippen molar-refractivity contribution in [3.63, 3.8) is 0 Å². The van der Waals surface area contributed by atoms with Crippen molar-refractivity contribution < 1.29 is 0 Å². The second-order valence-corrected chi connectivity index (χ2v) is 5.57. The molecule has 0 radical (unpaired) electrons. The number of nitrogens with two attached hydrogens (primary N) is 1. The number of anilines is 2. The maximum Gasteiger partial charge on any atom is 0.0729 e. The van der Waals surface area contributed by atoms with Crippen molar-refractivity contribution in [3.8, 4) is 0 Å². The van der Waals surface area contributed by atoms with Crippen LogP contribution in [0.25, 0.3) is 0 Å². The fourth-order valence-electron chi connectivity index (χ4n) is 1.99. The smallest absolute Gasteiger partial charge is 0.0729 e. The van der Waals surface area contributed by atoms with Gasteiger partial charge in [0.05, 0.1) is 25.0 Å². The molecule has 0 unspecified atom stereocenters. The Morgan fingerprint density at radius 2 is 2.05 bits per heavy atom. The van der Waals surface area contributed by atoms with E-state index in [1.807, 2.05) is 46.7 Å². The molecule has 1 aromatic carbocycles. The Balaban J connectivity index is 1.61. The van der Waals surface area contributed by atoms with Gasteiger partial charge in [-0.25, -0.2) is 0 Å². The van der Waals surface area contributed by atoms with Crippen molar-refractivity contribution in [1.82, 2.24) is 9.78 Å². The van der Waals surface area contributed by atoms with E-state index in [0.717, 1.165) is 29.3 Å². The van der Waals surface area contributed by atoms with Crippen molar-refractivity contribution in [2.24, 2.45) is 0 Å². The quantitative estimate of drug-likeness (QED) is 0.756. The maximum atomic E-state index is 5.86. The first-order valence-electron chi connectivity index (χ1n) is 6.43. The summed E-state index contributed by atoms with van der Waals surface area (Å²) in [6.07, 6.45) is 3.85. The first kappa shape index (κ1) is 12.7. The zero-order chi connectivity index (χ0) is 13.8. The summed E-state index contributed by atoms with van der Waals surface area (Å²) in [7, 11) is 0. The van der Waals surface area contributed by atoms with Gasteiger partial charge in [-0.05, 0) is 17.0 Å². The number of benzene rings is 1. The average molecular weight is 284 g/mol. The van der Waals surface area contributed by atoms with Crippen molar-refractivity contribution >= 4 is 22.7 Å². The minimum absolute atomic E-state index is 0.737. The lowest BCUT2D eigenvalue weighted by Gasteiger charge is -2.03. The molecule has 0 bridgehead atoms. The number of hydrogen-bond donors (Lipinski definition) is 2. The van der Waals surface area contributed by atoms with E-state index in [1.165, 1.54) is 5.56 Å². The fraction of sp³-hybridized carbons (Fsp3) is 0.133. The van der Waals surface area contributed by atoms with Gasteiger partial charge in [0.1, 0.15) is 0 Å². The van der Waals surface area contributed by atoms with Crippen LogP contribution in [0.4, 0.5) is 11.4 Å². The third kappa shape index (κ3) is 3.00. The summed E-state index contributed by atoms with van der Waals surface area (Å²) in [5.74, 6) is 0. The lowest BCUT2D eigenvalue weighted by atomic mass is 10.2.